The largest absolute Gasteiger partial charge is 0.513 e. The molecule has 1 aromatic carbocycles. The number of hydrogen-bond acceptors (Lipinski definition) is 6. The number of carbonyl (C=O) groups is 2. The van der Waals surface area contributed by atoms with E-state index in [1.54, 1.807) is 0 Å². The molecule has 4 heterocycles. The Balaban J connectivity index is 0.891. The number of nitrogens with one attached hydrogen (secondary N) is 2. The lowest BCUT2D eigenvalue weighted by atomic mass is 9.89. The lowest BCUT2D eigenvalue weighted by Crippen LogP contribution is -2.52. The second kappa shape index (κ2) is 17.7. The van der Waals surface area contributed by atoms with Crippen LogP contribution in [-0.2, 0) is 9.59 Å². The lowest BCUT2D eigenvalue weighted by Gasteiger charge is -2.37. The van der Waals surface area contributed by atoms with Crippen molar-refractivity contribution in [1.82, 2.24) is 34.6 Å². The fourth-order valence-electron chi connectivity index (χ4n) is 9.79. The Morgan fingerprint density at radius 1 is 0.825 bits per heavy atom. The first-order valence-corrected chi connectivity index (χ1v) is 21.6. The van der Waals surface area contributed by atoms with Crippen LogP contribution in [0.3, 0.4) is 0 Å². The third kappa shape index (κ3) is 8.52. The molecule has 300 valence electrons. The third-order valence-electron chi connectivity index (χ3n) is 13.1. The number of aliphatic hydroxyl groups excluding tert-OH is 1. The Morgan fingerprint density at radius 2 is 1.49 bits per heavy atom. The van der Waals surface area contributed by atoms with Gasteiger partial charge in [-0.25, -0.2) is 9.97 Å². The topological polar surface area (TPSA) is 121 Å². The molecular formula is C47H59N7O3. The van der Waals surface area contributed by atoms with Crippen LogP contribution in [0.25, 0.3) is 22.4 Å². The van der Waals surface area contributed by atoms with Crippen molar-refractivity contribution in [2.45, 2.75) is 109 Å². The number of rotatable bonds is 13. The minimum absolute atomic E-state index is 0.00701. The lowest BCUT2D eigenvalue weighted by molar-refractivity contribution is -0.139. The molecule has 5 atom stereocenters. The molecule has 2 amide bonds. The van der Waals surface area contributed by atoms with Crippen LogP contribution in [0.15, 0.2) is 85.0 Å². The SMILES string of the molecule is CCN(CC)[C@@H](C(=O)N1CCC[C@H]1c1ncc(-c2ccc(C3=CC=C(c4cnc([C@@H]5CCCN5C(=O)CCC5CC=C(O)CC5)[nH]4)CC3)cc2)[nH]1)C1C=CC=CC1. The van der Waals surface area contributed by atoms with E-state index in [1.165, 1.54) is 16.7 Å². The first-order valence-electron chi connectivity index (χ1n) is 21.6. The van der Waals surface area contributed by atoms with Crippen LogP contribution in [0.5, 0.6) is 0 Å². The maximum absolute atomic E-state index is 14.3. The highest BCUT2D eigenvalue weighted by Crippen LogP contribution is 2.37. The minimum atomic E-state index is -0.168. The summed E-state index contributed by atoms with van der Waals surface area (Å²) in [4.78, 5) is 50.8. The van der Waals surface area contributed by atoms with E-state index in [9.17, 15) is 14.7 Å². The summed E-state index contributed by atoms with van der Waals surface area (Å²) in [5, 5.41) is 9.70. The van der Waals surface area contributed by atoms with Crippen LogP contribution in [0, 0.1) is 11.8 Å². The molecule has 2 fully saturated rings. The molecule has 3 N–H and O–H groups in total. The summed E-state index contributed by atoms with van der Waals surface area (Å²) >= 11 is 0. The minimum Gasteiger partial charge on any atom is -0.513 e. The van der Waals surface area contributed by atoms with E-state index in [4.69, 9.17) is 9.97 Å². The zero-order valence-corrected chi connectivity index (χ0v) is 33.7. The molecule has 5 aliphatic rings. The summed E-state index contributed by atoms with van der Waals surface area (Å²) in [6, 6.07) is 8.51. The number of aromatic amines is 2. The second-order valence-electron chi connectivity index (χ2n) is 16.5. The fourth-order valence-corrected chi connectivity index (χ4v) is 9.79. The van der Waals surface area contributed by atoms with E-state index < -0.39 is 0 Å². The summed E-state index contributed by atoms with van der Waals surface area (Å²) in [6.07, 6.45) is 29.3. The van der Waals surface area contributed by atoms with Gasteiger partial charge >= 0.3 is 0 Å². The standard InChI is InChI=1S/C47H59N7O3/c1-3-52(4-2)44(37-10-6-5-7-11-37)47(57)54-29-9-13-42(54)46-49-31-40(51-46)36-23-19-34(20-24-36)33-17-21-35(22-18-33)39-30-48-45(50-39)41-12-8-28-53(41)43(56)27-16-32-14-25-38(55)26-15-32/h5-7,10,17,19-21,23-25,30-32,37,41-42,44,55H,3-4,8-9,11-16,18,22,26-29H2,1-2H3,(H,48,50)(H,49,51)/t32?,37?,41-,42-,44+/m0/s1. The van der Waals surface area contributed by atoms with Crippen LogP contribution in [-0.4, -0.2) is 83.8 Å². The van der Waals surface area contributed by atoms with Crippen molar-refractivity contribution in [3.05, 3.63) is 108 Å². The van der Waals surface area contributed by atoms with Crippen molar-refractivity contribution < 1.29 is 14.7 Å². The Hall–Kier alpha value is -4.96. The summed E-state index contributed by atoms with van der Waals surface area (Å²) in [5.41, 5.74) is 6.83. The van der Waals surface area contributed by atoms with Gasteiger partial charge in [-0.05, 0) is 112 Å². The van der Waals surface area contributed by atoms with Crippen LogP contribution in [0.4, 0.5) is 0 Å². The molecule has 2 saturated heterocycles. The van der Waals surface area contributed by atoms with Gasteiger partial charge in [0.1, 0.15) is 11.6 Å². The predicted octanol–water partition coefficient (Wildman–Crippen LogP) is 9.25. The number of allylic oxidation sites excluding steroid dienone is 9. The van der Waals surface area contributed by atoms with E-state index >= 15 is 0 Å². The number of likely N-dealkylation sites (tertiary alicyclic amines) is 2. The van der Waals surface area contributed by atoms with Gasteiger partial charge in [0.25, 0.3) is 0 Å². The molecule has 0 saturated carbocycles. The Morgan fingerprint density at radius 3 is 2.16 bits per heavy atom. The van der Waals surface area contributed by atoms with Crippen LogP contribution in [0.2, 0.25) is 0 Å². The first-order chi connectivity index (χ1) is 27.9. The van der Waals surface area contributed by atoms with Gasteiger partial charge in [0.15, 0.2) is 0 Å². The first kappa shape index (κ1) is 38.9. The van der Waals surface area contributed by atoms with Gasteiger partial charge in [0.2, 0.25) is 11.8 Å². The molecular weight excluding hydrogens is 711 g/mol. The quantitative estimate of drug-likeness (QED) is 0.159. The highest BCUT2D eigenvalue weighted by molar-refractivity contribution is 5.83. The molecule has 2 aliphatic heterocycles. The Bertz CT molecular complexity index is 2050. The Kier molecular flexibility index (Phi) is 12.1. The fraction of sp³-hybridized carbons (Fsp3) is 0.489. The van der Waals surface area contributed by atoms with E-state index in [2.05, 4.69) is 94.3 Å². The maximum atomic E-state index is 14.3. The molecule has 3 aliphatic carbocycles. The van der Waals surface area contributed by atoms with Gasteiger partial charge in [-0.3, -0.25) is 14.5 Å². The molecule has 10 nitrogen and oxygen atoms in total. The number of aromatic nitrogens is 4. The van der Waals surface area contributed by atoms with Crippen molar-refractivity contribution >= 4 is 23.0 Å². The molecule has 0 bridgehead atoms. The van der Waals surface area contributed by atoms with Gasteiger partial charge in [0, 0.05) is 31.8 Å². The van der Waals surface area contributed by atoms with Crippen molar-refractivity contribution in [2.24, 2.45) is 11.8 Å². The molecule has 2 unspecified atom stereocenters. The van der Waals surface area contributed by atoms with Gasteiger partial charge in [-0.15, -0.1) is 0 Å². The molecule has 10 heteroatoms. The van der Waals surface area contributed by atoms with Gasteiger partial charge < -0.3 is 24.9 Å². The number of likely N-dealkylation sites (N-methyl/N-ethyl adjacent to an activating group) is 1. The number of nitrogens with zero attached hydrogens (tertiary/aromatic N) is 5. The number of benzene rings is 1. The number of carbonyl (C=O) groups excluding carboxylic acids is 2. The number of imidazole rings is 2. The predicted molar refractivity (Wildman–Crippen MR) is 226 cm³/mol. The third-order valence-corrected chi connectivity index (χ3v) is 13.1. The molecule has 57 heavy (non-hydrogen) atoms. The molecule has 0 spiro atoms. The summed E-state index contributed by atoms with van der Waals surface area (Å²) in [6.45, 7) is 7.53. The van der Waals surface area contributed by atoms with Crippen molar-refractivity contribution in [1.29, 1.82) is 0 Å². The van der Waals surface area contributed by atoms with Gasteiger partial charge in [-0.1, -0.05) is 74.6 Å². The van der Waals surface area contributed by atoms with E-state index in [1.807, 2.05) is 23.4 Å². The monoisotopic (exact) mass is 769 g/mol. The highest BCUT2D eigenvalue weighted by atomic mass is 16.3. The summed E-state index contributed by atoms with van der Waals surface area (Å²) < 4.78 is 0. The normalized spacial score (nSPS) is 24.2. The van der Waals surface area contributed by atoms with Gasteiger partial charge in [-0.2, -0.15) is 0 Å². The number of amides is 2. The van der Waals surface area contributed by atoms with Crippen molar-refractivity contribution in [2.75, 3.05) is 26.2 Å². The molecule has 0 radical (unpaired) electrons. The molecule has 2 aromatic heterocycles. The van der Waals surface area contributed by atoms with Crippen molar-refractivity contribution in [3.63, 3.8) is 0 Å². The molecule has 3 aromatic rings. The van der Waals surface area contributed by atoms with E-state index in [-0.39, 0.29) is 35.9 Å². The van der Waals surface area contributed by atoms with Crippen LogP contribution in [0.1, 0.15) is 126 Å². The van der Waals surface area contributed by atoms with E-state index in [0.29, 0.717) is 18.1 Å². The second-order valence-corrected chi connectivity index (χ2v) is 16.5. The number of H-pyrrole nitrogens is 2. The van der Waals surface area contributed by atoms with Crippen LogP contribution < -0.4 is 0 Å². The van der Waals surface area contributed by atoms with E-state index in [0.717, 1.165) is 125 Å². The average Bonchev–Trinajstić information content (AvgIpc) is 4.10. The molecule has 8 rings (SSSR count). The Labute approximate surface area is 337 Å². The maximum Gasteiger partial charge on any atom is 0.241 e. The number of hydrogen-bond donors (Lipinski definition) is 3. The summed E-state index contributed by atoms with van der Waals surface area (Å²) in [5.74, 6) is 3.34. The number of aliphatic hydroxyl groups is 1. The summed E-state index contributed by atoms with van der Waals surface area (Å²) in [7, 11) is 0. The van der Waals surface area contributed by atoms with Gasteiger partial charge in [0.05, 0.1) is 47.7 Å². The zero-order chi connectivity index (χ0) is 39.3. The van der Waals surface area contributed by atoms with Crippen molar-refractivity contribution in [3.8, 4) is 11.3 Å². The highest BCUT2D eigenvalue weighted by Gasteiger charge is 2.40. The smallest absolute Gasteiger partial charge is 0.241 e. The zero-order valence-electron chi connectivity index (χ0n) is 33.7. The average molecular weight is 770 g/mol. The van der Waals surface area contributed by atoms with Crippen LogP contribution >= 0.6 is 0 Å².